The summed E-state index contributed by atoms with van der Waals surface area (Å²) in [6.07, 6.45) is 0.978. The summed E-state index contributed by atoms with van der Waals surface area (Å²) in [6.45, 7) is 2.19. The second-order valence-electron chi connectivity index (χ2n) is 3.94. The average molecular weight is 337 g/mol. The van der Waals surface area contributed by atoms with E-state index in [9.17, 15) is 16.8 Å². The molecule has 0 aliphatic rings. The lowest BCUT2D eigenvalue weighted by atomic mass is 10.3. The standard InChI is InChI=1S/C10H15N3O4S3/c1-3-12-10(18)13-20(16,17)9-6-7(19(2,14)15)4-5-8(9)11/h4-6H,3,11H2,1-2H3,(H2,12,13,18). The monoisotopic (exact) mass is 337 g/mol. The van der Waals surface area contributed by atoms with Crippen LogP contribution in [0.15, 0.2) is 28.0 Å². The van der Waals surface area contributed by atoms with Crippen molar-refractivity contribution in [1.82, 2.24) is 10.0 Å². The Morgan fingerprint density at radius 1 is 1.30 bits per heavy atom. The van der Waals surface area contributed by atoms with Crippen LogP contribution in [0.3, 0.4) is 0 Å². The van der Waals surface area contributed by atoms with E-state index in [1.54, 1.807) is 6.92 Å². The van der Waals surface area contributed by atoms with Crippen molar-refractivity contribution in [2.24, 2.45) is 0 Å². The summed E-state index contributed by atoms with van der Waals surface area (Å²) < 4.78 is 49.2. The van der Waals surface area contributed by atoms with Gasteiger partial charge in [-0.05, 0) is 37.3 Å². The Hall–Kier alpha value is -1.39. The minimum absolute atomic E-state index is 0.0656. The number of anilines is 1. The molecule has 0 atom stereocenters. The largest absolute Gasteiger partial charge is 0.398 e. The van der Waals surface area contributed by atoms with Crippen molar-refractivity contribution in [2.45, 2.75) is 16.7 Å². The van der Waals surface area contributed by atoms with Gasteiger partial charge in [0.2, 0.25) is 0 Å². The van der Waals surface area contributed by atoms with Gasteiger partial charge < -0.3 is 11.1 Å². The van der Waals surface area contributed by atoms with Gasteiger partial charge >= 0.3 is 0 Å². The van der Waals surface area contributed by atoms with E-state index in [0.29, 0.717) is 6.54 Å². The Bertz CT molecular complexity index is 726. The van der Waals surface area contributed by atoms with Crippen LogP contribution >= 0.6 is 12.2 Å². The number of sulfonamides is 1. The third-order valence-corrected chi connectivity index (χ3v) is 5.16. The molecule has 0 bridgehead atoms. The molecule has 7 nitrogen and oxygen atoms in total. The van der Waals surface area contributed by atoms with Crippen molar-refractivity contribution in [3.05, 3.63) is 18.2 Å². The molecule has 1 aromatic rings. The molecule has 0 aliphatic heterocycles. The number of nitrogens with two attached hydrogens (primary N) is 1. The van der Waals surface area contributed by atoms with Crippen LogP contribution in [0.5, 0.6) is 0 Å². The maximum atomic E-state index is 12.1. The molecule has 0 saturated carbocycles. The van der Waals surface area contributed by atoms with Gasteiger partial charge in [-0.15, -0.1) is 0 Å². The zero-order valence-electron chi connectivity index (χ0n) is 10.9. The van der Waals surface area contributed by atoms with Crippen molar-refractivity contribution in [2.75, 3.05) is 18.5 Å². The first-order valence-electron chi connectivity index (χ1n) is 5.48. The summed E-state index contributed by atoms with van der Waals surface area (Å²) >= 11 is 4.79. The van der Waals surface area contributed by atoms with Gasteiger partial charge in [-0.2, -0.15) is 0 Å². The molecular formula is C10H15N3O4S3. The SMILES string of the molecule is CCNC(=S)NS(=O)(=O)c1cc(S(C)(=O)=O)ccc1N. The van der Waals surface area contributed by atoms with Crippen LogP contribution in [0.25, 0.3) is 0 Å². The van der Waals surface area contributed by atoms with E-state index >= 15 is 0 Å². The topological polar surface area (TPSA) is 118 Å². The summed E-state index contributed by atoms with van der Waals surface area (Å²) in [5.74, 6) is 0. The second kappa shape index (κ2) is 5.94. The normalized spacial score (nSPS) is 11.9. The van der Waals surface area contributed by atoms with Gasteiger partial charge in [0.05, 0.1) is 10.6 Å². The van der Waals surface area contributed by atoms with Gasteiger partial charge in [0.1, 0.15) is 4.90 Å². The fourth-order valence-corrected chi connectivity index (χ4v) is 3.63. The molecule has 0 unspecified atom stereocenters. The van der Waals surface area contributed by atoms with Gasteiger partial charge in [0.25, 0.3) is 10.0 Å². The molecule has 0 radical (unpaired) electrons. The molecule has 0 aromatic heterocycles. The Balaban J connectivity index is 3.28. The predicted octanol–water partition coefficient (Wildman–Crippen LogP) is -0.155. The lowest BCUT2D eigenvalue weighted by molar-refractivity contribution is 0.592. The lowest BCUT2D eigenvalue weighted by Gasteiger charge is -2.12. The highest BCUT2D eigenvalue weighted by Crippen LogP contribution is 2.22. The maximum absolute atomic E-state index is 12.1. The maximum Gasteiger partial charge on any atom is 0.265 e. The third-order valence-electron chi connectivity index (χ3n) is 2.27. The summed E-state index contributed by atoms with van der Waals surface area (Å²) in [4.78, 5) is -0.470. The van der Waals surface area contributed by atoms with E-state index in [1.165, 1.54) is 12.1 Å². The van der Waals surface area contributed by atoms with Crippen molar-refractivity contribution < 1.29 is 16.8 Å². The number of sulfone groups is 1. The zero-order chi connectivity index (χ0) is 15.6. The van der Waals surface area contributed by atoms with E-state index < -0.39 is 19.9 Å². The van der Waals surface area contributed by atoms with Crippen LogP contribution < -0.4 is 15.8 Å². The number of thiocarbonyl (C=S) groups is 1. The zero-order valence-corrected chi connectivity index (χ0v) is 13.3. The third kappa shape index (κ3) is 4.05. The summed E-state index contributed by atoms with van der Waals surface area (Å²) in [5.41, 5.74) is 5.53. The quantitative estimate of drug-likeness (QED) is 0.516. The number of benzene rings is 1. The molecule has 0 amide bonds. The smallest absolute Gasteiger partial charge is 0.265 e. The first-order chi connectivity index (χ1) is 9.08. The molecule has 112 valence electrons. The molecule has 10 heteroatoms. The molecule has 0 fully saturated rings. The van der Waals surface area contributed by atoms with Crippen molar-refractivity contribution in [3.8, 4) is 0 Å². The van der Waals surface area contributed by atoms with Crippen LogP contribution in [0.2, 0.25) is 0 Å². The van der Waals surface area contributed by atoms with Gasteiger partial charge in [-0.1, -0.05) is 0 Å². The average Bonchev–Trinajstić information content (AvgIpc) is 2.26. The minimum Gasteiger partial charge on any atom is -0.398 e. The summed E-state index contributed by atoms with van der Waals surface area (Å²) in [6, 6.07) is 3.47. The molecule has 0 spiro atoms. The lowest BCUT2D eigenvalue weighted by Crippen LogP contribution is -2.39. The molecule has 0 aliphatic carbocycles. The second-order valence-corrected chi connectivity index (χ2v) is 8.01. The Kier molecular flexibility index (Phi) is 4.95. The first kappa shape index (κ1) is 16.7. The molecule has 1 rings (SSSR count). The predicted molar refractivity (Wildman–Crippen MR) is 80.6 cm³/mol. The van der Waals surface area contributed by atoms with Gasteiger partial charge in [-0.25, -0.2) is 16.8 Å². The van der Waals surface area contributed by atoms with E-state index in [-0.39, 0.29) is 20.6 Å². The Labute approximate surface area is 123 Å². The molecular weight excluding hydrogens is 322 g/mol. The van der Waals surface area contributed by atoms with Gasteiger partial charge in [0.15, 0.2) is 14.9 Å². The van der Waals surface area contributed by atoms with Crippen LogP contribution in [-0.2, 0) is 19.9 Å². The highest BCUT2D eigenvalue weighted by atomic mass is 32.2. The number of nitrogen functional groups attached to an aromatic ring is 1. The van der Waals surface area contributed by atoms with E-state index in [2.05, 4.69) is 10.0 Å². The molecule has 0 saturated heterocycles. The van der Waals surface area contributed by atoms with Crippen molar-refractivity contribution in [1.29, 1.82) is 0 Å². The van der Waals surface area contributed by atoms with Gasteiger partial charge in [-0.3, -0.25) is 4.72 Å². The van der Waals surface area contributed by atoms with Crippen LogP contribution in [-0.4, -0.2) is 34.7 Å². The summed E-state index contributed by atoms with van der Waals surface area (Å²) in [7, 11) is -7.58. The number of rotatable bonds is 4. The van der Waals surface area contributed by atoms with E-state index in [4.69, 9.17) is 18.0 Å². The summed E-state index contributed by atoms with van der Waals surface area (Å²) in [5, 5.41) is 2.53. The van der Waals surface area contributed by atoms with Gasteiger partial charge in [0, 0.05) is 12.8 Å². The Morgan fingerprint density at radius 2 is 1.90 bits per heavy atom. The fourth-order valence-electron chi connectivity index (χ4n) is 1.35. The van der Waals surface area contributed by atoms with Crippen molar-refractivity contribution in [3.63, 3.8) is 0 Å². The number of hydrogen-bond donors (Lipinski definition) is 3. The highest BCUT2D eigenvalue weighted by Gasteiger charge is 2.21. The first-order valence-corrected chi connectivity index (χ1v) is 9.26. The van der Waals surface area contributed by atoms with Crippen molar-refractivity contribution >= 4 is 42.9 Å². The molecule has 20 heavy (non-hydrogen) atoms. The minimum atomic E-state index is -4.04. The van der Waals surface area contributed by atoms with E-state index in [0.717, 1.165) is 12.3 Å². The number of nitrogens with one attached hydrogen (secondary N) is 2. The van der Waals surface area contributed by atoms with Crippen LogP contribution in [0, 0.1) is 0 Å². The molecule has 0 heterocycles. The fraction of sp³-hybridized carbons (Fsp3) is 0.300. The molecule has 4 N–H and O–H groups in total. The molecule has 1 aromatic carbocycles. The Morgan fingerprint density at radius 3 is 2.40 bits per heavy atom. The van der Waals surface area contributed by atoms with E-state index in [1.807, 2.05) is 0 Å². The highest BCUT2D eigenvalue weighted by molar-refractivity contribution is 7.92. The van der Waals surface area contributed by atoms with Crippen LogP contribution in [0.1, 0.15) is 6.92 Å². The van der Waals surface area contributed by atoms with Crippen LogP contribution in [0.4, 0.5) is 5.69 Å². The number of hydrogen-bond acceptors (Lipinski definition) is 6.